The van der Waals surface area contributed by atoms with Crippen LogP contribution in [0.15, 0.2) is 46.4 Å². The summed E-state index contributed by atoms with van der Waals surface area (Å²) in [6, 6.07) is 10.7. The van der Waals surface area contributed by atoms with Gasteiger partial charge in [-0.2, -0.15) is 0 Å². The van der Waals surface area contributed by atoms with E-state index in [1.165, 1.54) is 0 Å². The Hall–Kier alpha value is -2.04. The first-order chi connectivity index (χ1) is 9.15. The van der Waals surface area contributed by atoms with Crippen LogP contribution >= 0.6 is 0 Å². The van der Waals surface area contributed by atoms with Crippen molar-refractivity contribution >= 4 is 6.08 Å². The maximum absolute atomic E-state index is 10.3. The average molecular weight is 258 g/mol. The van der Waals surface area contributed by atoms with Gasteiger partial charge in [0.15, 0.2) is 0 Å². The number of hydrogen-bond donors (Lipinski definition) is 2. The number of aryl methyl sites for hydroxylation is 1. The van der Waals surface area contributed by atoms with Crippen LogP contribution in [-0.2, 0) is 0 Å². The standard InChI is InChI=1S/C15H14O4/c1-9-6-7-10(18-9)8-12-14(16)11-4-2-3-5-13(11)19-15(12)17/h2-8,14-17H,1H3/b12-8-. The third-order valence-electron chi connectivity index (χ3n) is 3.12. The van der Waals surface area contributed by atoms with E-state index >= 15 is 0 Å². The van der Waals surface area contributed by atoms with Gasteiger partial charge in [-0.15, -0.1) is 0 Å². The predicted molar refractivity (Wildman–Crippen MR) is 69.5 cm³/mol. The van der Waals surface area contributed by atoms with Crippen LogP contribution in [0, 0.1) is 6.92 Å². The van der Waals surface area contributed by atoms with Gasteiger partial charge < -0.3 is 19.4 Å². The number of hydrogen-bond acceptors (Lipinski definition) is 4. The molecule has 2 aromatic rings. The van der Waals surface area contributed by atoms with E-state index in [0.717, 1.165) is 5.76 Å². The molecule has 19 heavy (non-hydrogen) atoms. The van der Waals surface area contributed by atoms with Gasteiger partial charge in [0.2, 0.25) is 6.29 Å². The minimum atomic E-state index is -1.17. The number of aliphatic hydroxyl groups is 2. The van der Waals surface area contributed by atoms with Crippen molar-refractivity contribution in [3.8, 4) is 5.75 Å². The lowest BCUT2D eigenvalue weighted by atomic mass is 9.97. The van der Waals surface area contributed by atoms with Crippen LogP contribution in [0.3, 0.4) is 0 Å². The summed E-state index contributed by atoms with van der Waals surface area (Å²) in [5, 5.41) is 20.3. The summed E-state index contributed by atoms with van der Waals surface area (Å²) >= 11 is 0. The molecular weight excluding hydrogens is 244 g/mol. The van der Waals surface area contributed by atoms with E-state index in [-0.39, 0.29) is 0 Å². The number of rotatable bonds is 1. The third-order valence-corrected chi connectivity index (χ3v) is 3.12. The number of para-hydroxylation sites is 1. The number of ether oxygens (including phenoxy) is 1. The lowest BCUT2D eigenvalue weighted by Crippen LogP contribution is -2.28. The van der Waals surface area contributed by atoms with E-state index < -0.39 is 12.4 Å². The molecule has 0 saturated heterocycles. The molecular formula is C15H14O4. The van der Waals surface area contributed by atoms with Gasteiger partial charge in [0.25, 0.3) is 0 Å². The van der Waals surface area contributed by atoms with Crippen molar-refractivity contribution in [3.63, 3.8) is 0 Å². The van der Waals surface area contributed by atoms with Crippen molar-refractivity contribution in [2.24, 2.45) is 0 Å². The molecule has 98 valence electrons. The number of aliphatic hydroxyl groups excluding tert-OH is 2. The highest BCUT2D eigenvalue weighted by atomic mass is 16.6. The van der Waals surface area contributed by atoms with Crippen LogP contribution in [0.5, 0.6) is 5.75 Å². The second-order valence-corrected chi connectivity index (χ2v) is 4.50. The first-order valence-corrected chi connectivity index (χ1v) is 6.05. The molecule has 0 saturated carbocycles. The Morgan fingerprint density at radius 1 is 1.11 bits per heavy atom. The summed E-state index contributed by atoms with van der Waals surface area (Å²) in [6.07, 6.45) is -0.459. The zero-order chi connectivity index (χ0) is 13.4. The van der Waals surface area contributed by atoms with Gasteiger partial charge in [0.05, 0.1) is 0 Å². The molecule has 2 unspecified atom stereocenters. The number of furan rings is 1. The molecule has 0 radical (unpaired) electrons. The summed E-state index contributed by atoms with van der Waals surface area (Å²) in [4.78, 5) is 0. The SMILES string of the molecule is Cc1ccc(/C=C2\C(O)Oc3ccccc3C2O)o1. The Kier molecular flexibility index (Phi) is 2.89. The molecule has 0 fully saturated rings. The maximum Gasteiger partial charge on any atom is 0.223 e. The van der Waals surface area contributed by atoms with Crippen LogP contribution in [0.2, 0.25) is 0 Å². The van der Waals surface area contributed by atoms with Crippen molar-refractivity contribution in [1.29, 1.82) is 0 Å². The largest absolute Gasteiger partial charge is 0.462 e. The normalized spacial score (nSPS) is 24.1. The molecule has 4 heteroatoms. The highest BCUT2D eigenvalue weighted by Crippen LogP contribution is 2.38. The Balaban J connectivity index is 2.01. The highest BCUT2D eigenvalue weighted by Gasteiger charge is 2.30. The van der Waals surface area contributed by atoms with E-state index in [9.17, 15) is 10.2 Å². The monoisotopic (exact) mass is 258 g/mol. The van der Waals surface area contributed by atoms with Crippen LogP contribution in [0.25, 0.3) is 6.08 Å². The average Bonchev–Trinajstić information content (AvgIpc) is 2.80. The summed E-state index contributed by atoms with van der Waals surface area (Å²) < 4.78 is 10.8. The molecule has 4 nitrogen and oxygen atoms in total. The second kappa shape index (κ2) is 4.57. The molecule has 2 N–H and O–H groups in total. The Bertz CT molecular complexity index is 627. The molecule has 2 heterocycles. The quantitative estimate of drug-likeness (QED) is 0.824. The number of benzene rings is 1. The molecule has 1 aliphatic heterocycles. The number of fused-ring (bicyclic) bond motifs is 1. The van der Waals surface area contributed by atoms with Crippen molar-refractivity contribution in [2.45, 2.75) is 19.3 Å². The Morgan fingerprint density at radius 3 is 2.63 bits per heavy atom. The predicted octanol–water partition coefficient (Wildman–Crippen LogP) is 2.42. The topological polar surface area (TPSA) is 62.8 Å². The van der Waals surface area contributed by atoms with Gasteiger partial charge in [0.1, 0.15) is 23.4 Å². The van der Waals surface area contributed by atoms with E-state index in [1.54, 1.807) is 30.3 Å². The van der Waals surface area contributed by atoms with Gasteiger partial charge >= 0.3 is 0 Å². The van der Waals surface area contributed by atoms with Crippen LogP contribution < -0.4 is 4.74 Å². The molecule has 0 spiro atoms. The lowest BCUT2D eigenvalue weighted by Gasteiger charge is -2.28. The van der Waals surface area contributed by atoms with Crippen LogP contribution in [0.4, 0.5) is 0 Å². The van der Waals surface area contributed by atoms with Gasteiger partial charge in [-0.1, -0.05) is 18.2 Å². The zero-order valence-corrected chi connectivity index (χ0v) is 10.4. The second-order valence-electron chi connectivity index (χ2n) is 4.50. The minimum absolute atomic E-state index is 0.369. The fourth-order valence-electron chi connectivity index (χ4n) is 2.16. The van der Waals surface area contributed by atoms with Crippen LogP contribution in [-0.4, -0.2) is 16.5 Å². The van der Waals surface area contributed by atoms with Crippen LogP contribution in [0.1, 0.15) is 23.2 Å². The zero-order valence-electron chi connectivity index (χ0n) is 10.4. The molecule has 0 bridgehead atoms. The van der Waals surface area contributed by atoms with Crippen molar-refractivity contribution in [3.05, 3.63) is 59.1 Å². The molecule has 2 atom stereocenters. The smallest absolute Gasteiger partial charge is 0.223 e. The first kappa shape index (κ1) is 12.0. The van der Waals surface area contributed by atoms with Gasteiger partial charge in [0, 0.05) is 11.1 Å². The summed E-state index contributed by atoms with van der Waals surface area (Å²) in [5.41, 5.74) is 1.01. The van der Waals surface area contributed by atoms with E-state index in [0.29, 0.717) is 22.6 Å². The fraction of sp³-hybridized carbons (Fsp3) is 0.200. The Labute approximate surface area is 110 Å². The van der Waals surface area contributed by atoms with Gasteiger partial charge in [-0.05, 0) is 31.2 Å². The van der Waals surface area contributed by atoms with Crippen molar-refractivity contribution in [2.75, 3.05) is 0 Å². The molecule has 0 aliphatic carbocycles. The third kappa shape index (κ3) is 2.16. The molecule has 1 aromatic carbocycles. The summed E-state index contributed by atoms with van der Waals surface area (Å²) in [7, 11) is 0. The first-order valence-electron chi connectivity index (χ1n) is 6.05. The molecule has 1 aliphatic rings. The van der Waals surface area contributed by atoms with E-state index in [2.05, 4.69) is 0 Å². The fourth-order valence-corrected chi connectivity index (χ4v) is 2.16. The van der Waals surface area contributed by atoms with Gasteiger partial charge in [-0.25, -0.2) is 0 Å². The summed E-state index contributed by atoms with van der Waals surface area (Å²) in [5.74, 6) is 1.84. The summed E-state index contributed by atoms with van der Waals surface area (Å²) in [6.45, 7) is 1.83. The van der Waals surface area contributed by atoms with E-state index in [4.69, 9.17) is 9.15 Å². The van der Waals surface area contributed by atoms with Gasteiger partial charge in [-0.3, -0.25) is 0 Å². The molecule has 0 amide bonds. The Morgan fingerprint density at radius 2 is 1.89 bits per heavy atom. The van der Waals surface area contributed by atoms with E-state index in [1.807, 2.05) is 19.1 Å². The van der Waals surface area contributed by atoms with Crippen molar-refractivity contribution < 1.29 is 19.4 Å². The minimum Gasteiger partial charge on any atom is -0.462 e. The highest BCUT2D eigenvalue weighted by molar-refractivity contribution is 5.55. The maximum atomic E-state index is 10.3. The van der Waals surface area contributed by atoms with Crippen molar-refractivity contribution in [1.82, 2.24) is 0 Å². The molecule has 1 aromatic heterocycles. The lowest BCUT2D eigenvalue weighted by molar-refractivity contribution is -0.0179. The molecule has 3 rings (SSSR count).